The second-order valence-electron chi connectivity index (χ2n) is 5.23. The van der Waals surface area contributed by atoms with Crippen molar-refractivity contribution in [2.45, 2.75) is 25.5 Å². The van der Waals surface area contributed by atoms with Crippen molar-refractivity contribution < 1.29 is 9.47 Å². The van der Waals surface area contributed by atoms with Gasteiger partial charge in [-0.2, -0.15) is 0 Å². The lowest BCUT2D eigenvalue weighted by Crippen LogP contribution is -2.30. The van der Waals surface area contributed by atoms with Gasteiger partial charge in [-0.15, -0.1) is 0 Å². The number of benzene rings is 2. The van der Waals surface area contributed by atoms with Crippen LogP contribution in [-0.4, -0.2) is 19.8 Å². The molecule has 0 radical (unpaired) electrons. The molecular weight excluding hydrogens is 262 g/mol. The van der Waals surface area contributed by atoms with Crippen LogP contribution in [0.1, 0.15) is 24.1 Å². The topological polar surface area (TPSA) is 30.5 Å². The molecule has 110 valence electrons. The standard InChI is InChI=1S/C18H21NO2/c1-3-20-14-8-6-9-15(12-14)21-17-11-13-7-4-5-10-16(13)18(17)19-2/h4-10,12,17-19H,3,11H2,1-2H3. The molecule has 1 aliphatic rings. The van der Waals surface area contributed by atoms with Gasteiger partial charge in [0.1, 0.15) is 17.6 Å². The summed E-state index contributed by atoms with van der Waals surface area (Å²) in [6.07, 6.45) is 1.05. The predicted molar refractivity (Wildman–Crippen MR) is 84.0 cm³/mol. The summed E-state index contributed by atoms with van der Waals surface area (Å²) in [5.41, 5.74) is 2.70. The molecule has 3 nitrogen and oxygen atoms in total. The summed E-state index contributed by atoms with van der Waals surface area (Å²) in [4.78, 5) is 0. The number of hydrogen-bond acceptors (Lipinski definition) is 3. The van der Waals surface area contributed by atoms with Crippen LogP contribution >= 0.6 is 0 Å². The molecule has 3 heteroatoms. The monoisotopic (exact) mass is 283 g/mol. The average Bonchev–Trinajstić information content (AvgIpc) is 2.85. The van der Waals surface area contributed by atoms with E-state index in [4.69, 9.17) is 9.47 Å². The zero-order valence-electron chi connectivity index (χ0n) is 12.5. The highest BCUT2D eigenvalue weighted by Crippen LogP contribution is 2.34. The van der Waals surface area contributed by atoms with E-state index in [2.05, 4.69) is 29.6 Å². The Labute approximate surface area is 125 Å². The fraction of sp³-hybridized carbons (Fsp3) is 0.333. The smallest absolute Gasteiger partial charge is 0.123 e. The maximum absolute atomic E-state index is 6.21. The summed E-state index contributed by atoms with van der Waals surface area (Å²) in [6.45, 7) is 2.65. The number of rotatable bonds is 5. The molecule has 0 saturated heterocycles. The first kappa shape index (κ1) is 14.0. The van der Waals surface area contributed by atoms with E-state index in [-0.39, 0.29) is 12.1 Å². The van der Waals surface area contributed by atoms with Crippen LogP contribution in [0.25, 0.3) is 0 Å². The van der Waals surface area contributed by atoms with Crippen LogP contribution in [-0.2, 0) is 6.42 Å². The average molecular weight is 283 g/mol. The van der Waals surface area contributed by atoms with Crippen molar-refractivity contribution in [3.8, 4) is 11.5 Å². The van der Waals surface area contributed by atoms with E-state index in [1.54, 1.807) is 0 Å². The highest BCUT2D eigenvalue weighted by atomic mass is 16.5. The predicted octanol–water partition coefficient (Wildman–Crippen LogP) is 3.35. The number of fused-ring (bicyclic) bond motifs is 1. The summed E-state index contributed by atoms with van der Waals surface area (Å²) < 4.78 is 11.7. The fourth-order valence-corrected chi connectivity index (χ4v) is 2.99. The Morgan fingerprint density at radius 3 is 2.71 bits per heavy atom. The molecular formula is C18H21NO2. The molecule has 2 atom stereocenters. The van der Waals surface area contributed by atoms with Gasteiger partial charge in [0.15, 0.2) is 0 Å². The molecule has 2 aromatic carbocycles. The first-order valence-electron chi connectivity index (χ1n) is 7.46. The summed E-state index contributed by atoms with van der Waals surface area (Å²) in [5.74, 6) is 1.71. The Kier molecular flexibility index (Phi) is 4.11. The molecule has 0 aliphatic heterocycles. The molecule has 1 N–H and O–H groups in total. The van der Waals surface area contributed by atoms with Crippen molar-refractivity contribution in [3.05, 3.63) is 59.7 Å². The van der Waals surface area contributed by atoms with Gasteiger partial charge in [0.2, 0.25) is 0 Å². The van der Waals surface area contributed by atoms with Crippen molar-refractivity contribution in [1.29, 1.82) is 0 Å². The molecule has 0 bridgehead atoms. The Morgan fingerprint density at radius 1 is 1.10 bits per heavy atom. The van der Waals surface area contributed by atoms with E-state index >= 15 is 0 Å². The van der Waals surface area contributed by atoms with Gasteiger partial charge in [0.25, 0.3) is 0 Å². The zero-order chi connectivity index (χ0) is 14.7. The molecule has 3 rings (SSSR count). The number of likely N-dealkylation sites (N-methyl/N-ethyl adjacent to an activating group) is 1. The van der Waals surface area contributed by atoms with Gasteiger partial charge < -0.3 is 14.8 Å². The third-order valence-electron chi connectivity index (χ3n) is 3.90. The van der Waals surface area contributed by atoms with Crippen molar-refractivity contribution in [2.75, 3.05) is 13.7 Å². The Hall–Kier alpha value is -2.00. The van der Waals surface area contributed by atoms with Gasteiger partial charge >= 0.3 is 0 Å². The van der Waals surface area contributed by atoms with Crippen molar-refractivity contribution >= 4 is 0 Å². The second-order valence-corrected chi connectivity index (χ2v) is 5.23. The van der Waals surface area contributed by atoms with E-state index in [0.717, 1.165) is 17.9 Å². The van der Waals surface area contributed by atoms with Crippen LogP contribution in [0.3, 0.4) is 0 Å². The lowest BCUT2D eigenvalue weighted by Gasteiger charge is -2.21. The van der Waals surface area contributed by atoms with Gasteiger partial charge in [-0.3, -0.25) is 0 Å². The minimum absolute atomic E-state index is 0.115. The minimum Gasteiger partial charge on any atom is -0.494 e. The lowest BCUT2D eigenvalue weighted by molar-refractivity contribution is 0.170. The summed E-state index contributed by atoms with van der Waals surface area (Å²) in [7, 11) is 1.99. The third kappa shape index (κ3) is 2.88. The van der Waals surface area contributed by atoms with E-state index in [1.165, 1.54) is 11.1 Å². The zero-order valence-corrected chi connectivity index (χ0v) is 12.5. The van der Waals surface area contributed by atoms with Crippen LogP contribution in [0.4, 0.5) is 0 Å². The van der Waals surface area contributed by atoms with Crippen molar-refractivity contribution in [2.24, 2.45) is 0 Å². The van der Waals surface area contributed by atoms with Crippen LogP contribution in [0.15, 0.2) is 48.5 Å². The van der Waals surface area contributed by atoms with Crippen LogP contribution in [0.5, 0.6) is 11.5 Å². The van der Waals surface area contributed by atoms with Gasteiger partial charge in [0, 0.05) is 12.5 Å². The van der Waals surface area contributed by atoms with Crippen LogP contribution < -0.4 is 14.8 Å². The Balaban J connectivity index is 1.78. The van der Waals surface area contributed by atoms with E-state index in [0.29, 0.717) is 6.61 Å². The Morgan fingerprint density at radius 2 is 1.90 bits per heavy atom. The van der Waals surface area contributed by atoms with Crippen molar-refractivity contribution in [1.82, 2.24) is 5.32 Å². The highest BCUT2D eigenvalue weighted by molar-refractivity contribution is 5.38. The van der Waals surface area contributed by atoms with E-state index in [1.807, 2.05) is 38.2 Å². The summed E-state index contributed by atoms with van der Waals surface area (Å²) in [6, 6.07) is 16.6. The van der Waals surface area contributed by atoms with Crippen LogP contribution in [0.2, 0.25) is 0 Å². The molecule has 0 spiro atoms. The minimum atomic E-state index is 0.115. The molecule has 21 heavy (non-hydrogen) atoms. The van der Waals surface area contributed by atoms with Gasteiger partial charge in [-0.1, -0.05) is 30.3 Å². The number of nitrogens with one attached hydrogen (secondary N) is 1. The quantitative estimate of drug-likeness (QED) is 0.913. The molecule has 0 fully saturated rings. The van der Waals surface area contributed by atoms with Crippen molar-refractivity contribution in [3.63, 3.8) is 0 Å². The molecule has 0 aromatic heterocycles. The summed E-state index contributed by atoms with van der Waals surface area (Å²) >= 11 is 0. The largest absolute Gasteiger partial charge is 0.494 e. The van der Waals surface area contributed by atoms with E-state index < -0.39 is 0 Å². The molecule has 0 amide bonds. The highest BCUT2D eigenvalue weighted by Gasteiger charge is 2.32. The molecule has 0 heterocycles. The maximum atomic E-state index is 6.21. The number of ether oxygens (including phenoxy) is 2. The summed E-state index contributed by atoms with van der Waals surface area (Å²) in [5, 5.41) is 3.37. The first-order chi connectivity index (χ1) is 10.3. The molecule has 2 unspecified atom stereocenters. The van der Waals surface area contributed by atoms with Crippen LogP contribution in [0, 0.1) is 0 Å². The molecule has 1 aliphatic carbocycles. The van der Waals surface area contributed by atoms with Gasteiger partial charge in [-0.05, 0) is 37.2 Å². The lowest BCUT2D eigenvalue weighted by atomic mass is 10.1. The third-order valence-corrected chi connectivity index (χ3v) is 3.90. The SMILES string of the molecule is CCOc1cccc(OC2Cc3ccccc3C2NC)c1. The second kappa shape index (κ2) is 6.19. The first-order valence-corrected chi connectivity index (χ1v) is 7.46. The van der Waals surface area contributed by atoms with Gasteiger partial charge in [-0.25, -0.2) is 0 Å². The number of hydrogen-bond donors (Lipinski definition) is 1. The maximum Gasteiger partial charge on any atom is 0.123 e. The Bertz CT molecular complexity index is 612. The van der Waals surface area contributed by atoms with Gasteiger partial charge in [0.05, 0.1) is 12.6 Å². The molecule has 0 saturated carbocycles. The normalized spacial score (nSPS) is 20.1. The molecule has 2 aromatic rings. The van der Waals surface area contributed by atoms with E-state index in [9.17, 15) is 0 Å². The fourth-order valence-electron chi connectivity index (χ4n) is 2.99.